The van der Waals surface area contributed by atoms with E-state index in [2.05, 4.69) is 15.5 Å². The van der Waals surface area contributed by atoms with Gasteiger partial charge in [0.25, 0.3) is 5.91 Å². The second-order valence-electron chi connectivity index (χ2n) is 6.23. The summed E-state index contributed by atoms with van der Waals surface area (Å²) in [6, 6.07) is 1.67. The van der Waals surface area contributed by atoms with Crippen LogP contribution in [0.15, 0.2) is 47.5 Å². The monoisotopic (exact) mass is 342 g/mol. The number of hydrogen-bond donors (Lipinski definition) is 1. The molecule has 2 aromatic rings. The normalized spacial score (nSPS) is 19.7. The lowest BCUT2D eigenvalue weighted by molar-refractivity contribution is 0.0522. The quantitative estimate of drug-likeness (QED) is 0.782. The number of nitrogens with one attached hydrogen (secondary N) is 1. The molecule has 0 saturated carbocycles. The fourth-order valence-electron chi connectivity index (χ4n) is 2.68. The van der Waals surface area contributed by atoms with Crippen molar-refractivity contribution in [3.8, 4) is 0 Å². The van der Waals surface area contributed by atoms with Crippen molar-refractivity contribution >= 4 is 11.5 Å². The highest BCUT2D eigenvalue weighted by atomic mass is 16.5. The van der Waals surface area contributed by atoms with Gasteiger partial charge in [-0.3, -0.25) is 4.79 Å². The average molecular weight is 342 g/mol. The van der Waals surface area contributed by atoms with E-state index in [-0.39, 0.29) is 17.2 Å². The number of imidazole rings is 1. The van der Waals surface area contributed by atoms with Crippen LogP contribution in [0, 0.1) is 0 Å². The third-order valence-electron chi connectivity index (χ3n) is 4.25. The third-order valence-corrected chi connectivity index (χ3v) is 4.25. The second kappa shape index (κ2) is 7.48. The second-order valence-corrected chi connectivity index (χ2v) is 6.23. The summed E-state index contributed by atoms with van der Waals surface area (Å²) in [5, 5.41) is 6.74. The largest absolute Gasteiger partial charge is 0.374 e. The molecule has 1 amide bonds. The maximum Gasteiger partial charge on any atom is 0.273 e. The fourth-order valence-corrected chi connectivity index (χ4v) is 2.68. The molecule has 0 radical (unpaired) electrons. The van der Waals surface area contributed by atoms with E-state index in [1.165, 1.54) is 0 Å². The third kappa shape index (κ3) is 4.24. The van der Waals surface area contributed by atoms with Crippen molar-refractivity contribution < 1.29 is 14.1 Å². The zero-order valence-corrected chi connectivity index (χ0v) is 14.4. The predicted octanol–water partition coefficient (Wildman–Crippen LogP) is 2.44. The Labute approximate surface area is 146 Å². The molecule has 0 fully saturated rings. The summed E-state index contributed by atoms with van der Waals surface area (Å²) in [6.07, 6.45) is 12.8. The first-order valence-corrected chi connectivity index (χ1v) is 8.24. The molecular weight excluding hydrogens is 320 g/mol. The molecule has 25 heavy (non-hydrogen) atoms. The lowest BCUT2D eigenvalue weighted by Crippen LogP contribution is -2.26. The first-order chi connectivity index (χ1) is 12.1. The van der Waals surface area contributed by atoms with Crippen LogP contribution in [0.5, 0.6) is 0 Å². The molecule has 2 aromatic heterocycles. The van der Waals surface area contributed by atoms with E-state index in [4.69, 9.17) is 9.26 Å². The summed E-state index contributed by atoms with van der Waals surface area (Å²) in [4.78, 5) is 16.2. The Bertz CT molecular complexity index is 776. The van der Waals surface area contributed by atoms with Gasteiger partial charge in [0.15, 0.2) is 11.5 Å². The van der Waals surface area contributed by atoms with E-state index in [1.807, 2.05) is 35.9 Å². The molecule has 0 aliphatic heterocycles. The van der Waals surface area contributed by atoms with E-state index in [9.17, 15) is 4.79 Å². The highest BCUT2D eigenvalue weighted by molar-refractivity contribution is 5.92. The van der Waals surface area contributed by atoms with Crippen molar-refractivity contribution in [2.45, 2.75) is 31.9 Å². The number of carbonyl (C=O) groups is 1. The first-order valence-electron chi connectivity index (χ1n) is 8.24. The molecule has 0 bridgehead atoms. The van der Waals surface area contributed by atoms with Crippen LogP contribution in [-0.4, -0.2) is 39.9 Å². The first kappa shape index (κ1) is 17.2. The average Bonchev–Trinajstić information content (AvgIpc) is 3.30. The molecule has 2 heterocycles. The van der Waals surface area contributed by atoms with Gasteiger partial charge in [0.1, 0.15) is 0 Å². The van der Waals surface area contributed by atoms with Gasteiger partial charge < -0.3 is 19.1 Å². The number of ether oxygens (including phenoxy) is 1. The molecule has 132 valence electrons. The zero-order valence-electron chi connectivity index (χ0n) is 14.4. The van der Waals surface area contributed by atoms with Gasteiger partial charge >= 0.3 is 0 Å². The van der Waals surface area contributed by atoms with E-state index in [1.54, 1.807) is 25.7 Å². The molecule has 1 aliphatic carbocycles. The van der Waals surface area contributed by atoms with Gasteiger partial charge in [0.05, 0.1) is 11.9 Å². The Hall–Kier alpha value is -2.67. The summed E-state index contributed by atoms with van der Waals surface area (Å²) in [7, 11) is 1.68. The number of amides is 1. The van der Waals surface area contributed by atoms with E-state index in [0.29, 0.717) is 18.7 Å². The number of hydrogen-bond acceptors (Lipinski definition) is 5. The summed E-state index contributed by atoms with van der Waals surface area (Å²) >= 11 is 0. The Kier molecular flexibility index (Phi) is 5.14. The van der Waals surface area contributed by atoms with Gasteiger partial charge in [-0.1, -0.05) is 23.4 Å². The Morgan fingerprint density at radius 1 is 1.52 bits per heavy atom. The summed E-state index contributed by atoms with van der Waals surface area (Å²) in [5.41, 5.74) is 0.873. The molecule has 0 unspecified atom stereocenters. The van der Waals surface area contributed by atoms with Gasteiger partial charge in [-0.2, -0.15) is 0 Å². The SMILES string of the molecule is CO[C@]1(C)C=CC=C(c2cc(C(=O)NCCCn3ccnc3)no2)C1. The zero-order chi connectivity index (χ0) is 17.7. The molecule has 1 atom stereocenters. The van der Waals surface area contributed by atoms with Crippen molar-refractivity contribution in [1.29, 1.82) is 0 Å². The molecule has 7 nitrogen and oxygen atoms in total. The van der Waals surface area contributed by atoms with Crippen LogP contribution in [-0.2, 0) is 11.3 Å². The summed E-state index contributed by atoms with van der Waals surface area (Å²) in [5.74, 6) is 0.360. The molecule has 1 aliphatic rings. The van der Waals surface area contributed by atoms with Crippen LogP contribution in [0.4, 0.5) is 0 Å². The molecular formula is C18H22N4O3. The minimum absolute atomic E-state index is 0.234. The maximum atomic E-state index is 12.2. The van der Waals surface area contributed by atoms with E-state index in [0.717, 1.165) is 18.5 Å². The van der Waals surface area contributed by atoms with Gasteiger partial charge in [0, 0.05) is 50.7 Å². The van der Waals surface area contributed by atoms with Crippen molar-refractivity contribution in [1.82, 2.24) is 20.0 Å². The number of carbonyl (C=O) groups excluding carboxylic acids is 1. The number of rotatable bonds is 7. The summed E-state index contributed by atoms with van der Waals surface area (Å²) in [6.45, 7) is 3.37. The lowest BCUT2D eigenvalue weighted by atomic mass is 9.90. The Morgan fingerprint density at radius 2 is 2.40 bits per heavy atom. The molecule has 0 aromatic carbocycles. The van der Waals surface area contributed by atoms with Crippen LogP contribution in [0.2, 0.25) is 0 Å². The van der Waals surface area contributed by atoms with Gasteiger partial charge in [-0.25, -0.2) is 4.98 Å². The van der Waals surface area contributed by atoms with Gasteiger partial charge in [-0.05, 0) is 13.3 Å². The predicted molar refractivity (Wildman–Crippen MR) is 92.8 cm³/mol. The standard InChI is InChI=1S/C18H22N4O3/c1-18(24-2)6-3-5-14(12-18)16-11-15(21-25-16)17(23)20-7-4-9-22-10-8-19-13-22/h3,5-6,8,10-11,13H,4,7,9,12H2,1-2H3,(H,20,23)/t18-/m1/s1. The van der Waals surface area contributed by atoms with E-state index < -0.39 is 0 Å². The highest BCUT2D eigenvalue weighted by Crippen LogP contribution is 2.32. The minimum atomic E-state index is -0.368. The molecule has 7 heteroatoms. The number of aryl methyl sites for hydroxylation is 1. The maximum absolute atomic E-state index is 12.2. The summed E-state index contributed by atoms with van der Waals surface area (Å²) < 4.78 is 12.8. The van der Waals surface area contributed by atoms with Crippen LogP contribution in [0.3, 0.4) is 0 Å². The van der Waals surface area contributed by atoms with Crippen LogP contribution in [0.1, 0.15) is 36.0 Å². The number of nitrogens with zero attached hydrogens (tertiary/aromatic N) is 3. The molecule has 1 N–H and O–H groups in total. The van der Waals surface area contributed by atoms with Crippen LogP contribution >= 0.6 is 0 Å². The lowest BCUT2D eigenvalue weighted by Gasteiger charge is -2.27. The highest BCUT2D eigenvalue weighted by Gasteiger charge is 2.26. The van der Waals surface area contributed by atoms with Gasteiger partial charge in [0.2, 0.25) is 0 Å². The van der Waals surface area contributed by atoms with Crippen molar-refractivity contribution in [3.63, 3.8) is 0 Å². The van der Waals surface area contributed by atoms with Crippen LogP contribution < -0.4 is 5.32 Å². The fraction of sp³-hybridized carbons (Fsp3) is 0.389. The number of allylic oxidation sites excluding steroid dienone is 2. The molecule has 0 spiro atoms. The van der Waals surface area contributed by atoms with E-state index >= 15 is 0 Å². The number of methoxy groups -OCH3 is 1. The Balaban J connectivity index is 1.53. The van der Waals surface area contributed by atoms with Crippen molar-refractivity contribution in [2.75, 3.05) is 13.7 Å². The van der Waals surface area contributed by atoms with Crippen LogP contribution in [0.25, 0.3) is 5.57 Å². The molecule has 0 saturated heterocycles. The molecule has 3 rings (SSSR count). The number of aromatic nitrogens is 3. The Morgan fingerprint density at radius 3 is 3.16 bits per heavy atom. The van der Waals surface area contributed by atoms with Crippen molar-refractivity contribution in [2.24, 2.45) is 0 Å². The minimum Gasteiger partial charge on any atom is -0.374 e. The smallest absolute Gasteiger partial charge is 0.273 e. The van der Waals surface area contributed by atoms with Gasteiger partial charge in [-0.15, -0.1) is 0 Å². The topological polar surface area (TPSA) is 82.2 Å². The van der Waals surface area contributed by atoms with Crippen molar-refractivity contribution in [3.05, 3.63) is 54.5 Å².